The van der Waals surface area contributed by atoms with Gasteiger partial charge in [-0.25, -0.2) is 4.98 Å². The molecule has 3 aromatic rings. The Labute approximate surface area is 164 Å². The molecular formula is C20H17F3N4O2. The second-order valence-electron chi connectivity index (χ2n) is 6.42. The van der Waals surface area contributed by atoms with E-state index in [4.69, 9.17) is 5.26 Å². The Morgan fingerprint density at radius 1 is 1.14 bits per heavy atom. The van der Waals surface area contributed by atoms with Crippen LogP contribution in [0.25, 0.3) is 10.9 Å². The van der Waals surface area contributed by atoms with Gasteiger partial charge in [-0.15, -0.1) is 13.2 Å². The van der Waals surface area contributed by atoms with Gasteiger partial charge in [-0.2, -0.15) is 5.26 Å². The van der Waals surface area contributed by atoms with E-state index in [0.29, 0.717) is 22.3 Å². The topological polar surface area (TPSA) is 71.2 Å². The number of rotatable bonds is 6. The zero-order chi connectivity index (χ0) is 21.0. The molecule has 0 radical (unpaired) electrons. The summed E-state index contributed by atoms with van der Waals surface area (Å²) in [4.78, 5) is 18.9. The summed E-state index contributed by atoms with van der Waals surface area (Å²) >= 11 is 0. The maximum Gasteiger partial charge on any atom is 0.573 e. The second kappa shape index (κ2) is 8.32. The number of nitriles is 1. The average molecular weight is 402 g/mol. The van der Waals surface area contributed by atoms with Crippen LogP contribution in [0.1, 0.15) is 11.4 Å². The van der Waals surface area contributed by atoms with Crippen LogP contribution in [0.4, 0.5) is 13.2 Å². The molecule has 0 N–H and O–H groups in total. The van der Waals surface area contributed by atoms with Crippen molar-refractivity contribution < 1.29 is 17.9 Å². The SMILES string of the molecule is CN(Cc1ccccc1OC(F)(F)F)Cc1nc2ccccc2c(=O)n1CC#N. The van der Waals surface area contributed by atoms with Crippen LogP contribution in [0.5, 0.6) is 5.75 Å². The minimum Gasteiger partial charge on any atom is -0.405 e. The zero-order valence-electron chi connectivity index (χ0n) is 15.5. The maximum atomic E-state index is 12.7. The van der Waals surface area contributed by atoms with Gasteiger partial charge in [0.05, 0.1) is 23.5 Å². The number of hydrogen-bond acceptors (Lipinski definition) is 5. The third kappa shape index (κ3) is 4.92. The number of nitrogens with zero attached hydrogens (tertiary/aromatic N) is 4. The van der Waals surface area contributed by atoms with E-state index in [2.05, 4.69) is 9.72 Å². The number of aromatic nitrogens is 2. The van der Waals surface area contributed by atoms with Gasteiger partial charge in [0.1, 0.15) is 18.1 Å². The molecule has 0 saturated carbocycles. The fourth-order valence-electron chi connectivity index (χ4n) is 3.02. The van der Waals surface area contributed by atoms with E-state index in [9.17, 15) is 18.0 Å². The van der Waals surface area contributed by atoms with Crippen molar-refractivity contribution in [3.8, 4) is 11.8 Å². The normalized spacial score (nSPS) is 11.6. The Bertz CT molecular complexity index is 1120. The Balaban J connectivity index is 1.89. The van der Waals surface area contributed by atoms with Crippen LogP contribution in [0.15, 0.2) is 53.3 Å². The van der Waals surface area contributed by atoms with Crippen molar-refractivity contribution in [2.75, 3.05) is 7.05 Å². The molecule has 29 heavy (non-hydrogen) atoms. The summed E-state index contributed by atoms with van der Waals surface area (Å²) in [6.45, 7) is 0.108. The average Bonchev–Trinajstić information content (AvgIpc) is 2.65. The lowest BCUT2D eigenvalue weighted by atomic mass is 10.2. The van der Waals surface area contributed by atoms with Crippen molar-refractivity contribution in [1.82, 2.24) is 14.5 Å². The van der Waals surface area contributed by atoms with Gasteiger partial charge in [0, 0.05) is 12.1 Å². The monoisotopic (exact) mass is 402 g/mol. The molecular weight excluding hydrogens is 385 g/mol. The smallest absolute Gasteiger partial charge is 0.405 e. The number of fused-ring (bicyclic) bond motifs is 1. The minimum absolute atomic E-state index is 0.126. The molecule has 0 saturated heterocycles. The van der Waals surface area contributed by atoms with Gasteiger partial charge in [0.15, 0.2) is 0 Å². The first-order chi connectivity index (χ1) is 13.8. The van der Waals surface area contributed by atoms with Gasteiger partial charge in [-0.3, -0.25) is 14.3 Å². The summed E-state index contributed by atoms with van der Waals surface area (Å²) in [5, 5.41) is 9.48. The van der Waals surface area contributed by atoms with Crippen molar-refractivity contribution in [2.24, 2.45) is 0 Å². The number of hydrogen-bond donors (Lipinski definition) is 0. The molecule has 0 aliphatic rings. The molecule has 0 aliphatic heterocycles. The van der Waals surface area contributed by atoms with Crippen LogP contribution >= 0.6 is 0 Å². The predicted octanol–water partition coefficient (Wildman–Crippen LogP) is 3.45. The van der Waals surface area contributed by atoms with Gasteiger partial charge < -0.3 is 4.74 Å². The number of ether oxygens (including phenoxy) is 1. The van der Waals surface area contributed by atoms with Crippen LogP contribution in [0, 0.1) is 11.3 Å². The highest BCUT2D eigenvalue weighted by Gasteiger charge is 2.32. The third-order valence-electron chi connectivity index (χ3n) is 4.22. The van der Waals surface area contributed by atoms with Crippen LogP contribution < -0.4 is 10.3 Å². The minimum atomic E-state index is -4.79. The van der Waals surface area contributed by atoms with Gasteiger partial charge in [-0.05, 0) is 25.2 Å². The Hall–Kier alpha value is -3.38. The Kier molecular flexibility index (Phi) is 5.84. The summed E-state index contributed by atoms with van der Waals surface area (Å²) < 4.78 is 43.2. The molecule has 0 aliphatic carbocycles. The predicted molar refractivity (Wildman–Crippen MR) is 99.9 cm³/mol. The molecule has 1 heterocycles. The summed E-state index contributed by atoms with van der Waals surface area (Å²) in [5.74, 6) is 0.0692. The molecule has 0 spiro atoms. The Morgan fingerprint density at radius 2 is 1.83 bits per heavy atom. The summed E-state index contributed by atoms with van der Waals surface area (Å²) in [6.07, 6.45) is -4.79. The molecule has 9 heteroatoms. The molecule has 6 nitrogen and oxygen atoms in total. The summed E-state index contributed by atoms with van der Waals surface area (Å²) in [7, 11) is 1.68. The first-order valence-corrected chi connectivity index (χ1v) is 8.66. The van der Waals surface area contributed by atoms with E-state index in [0.717, 1.165) is 0 Å². The zero-order valence-corrected chi connectivity index (χ0v) is 15.5. The van der Waals surface area contributed by atoms with Crippen molar-refractivity contribution in [1.29, 1.82) is 5.26 Å². The van der Waals surface area contributed by atoms with Gasteiger partial charge >= 0.3 is 6.36 Å². The standard InChI is InChI=1S/C20H17F3N4O2/c1-26(12-14-6-2-5-9-17(14)29-20(21,22)23)13-18-25-16-8-4-3-7-15(16)19(28)27(18)11-10-24/h2-9H,11-13H2,1H3. The molecule has 150 valence electrons. The molecule has 0 atom stereocenters. The number of alkyl halides is 3. The first-order valence-electron chi connectivity index (χ1n) is 8.66. The third-order valence-corrected chi connectivity index (χ3v) is 4.22. The molecule has 0 unspecified atom stereocenters. The van der Waals surface area contributed by atoms with E-state index >= 15 is 0 Å². The van der Waals surface area contributed by atoms with Gasteiger partial charge in [-0.1, -0.05) is 30.3 Å². The highest BCUT2D eigenvalue weighted by molar-refractivity contribution is 5.77. The fraction of sp³-hybridized carbons (Fsp3) is 0.250. The van der Waals surface area contributed by atoms with E-state index in [1.807, 2.05) is 6.07 Å². The fourth-order valence-corrected chi connectivity index (χ4v) is 3.02. The Morgan fingerprint density at radius 3 is 2.55 bits per heavy atom. The van der Waals surface area contributed by atoms with E-state index in [1.54, 1.807) is 42.3 Å². The molecule has 3 rings (SSSR count). The molecule has 2 aromatic carbocycles. The lowest BCUT2D eigenvalue weighted by Crippen LogP contribution is -2.29. The van der Waals surface area contributed by atoms with E-state index < -0.39 is 6.36 Å². The van der Waals surface area contributed by atoms with E-state index in [1.165, 1.54) is 22.8 Å². The highest BCUT2D eigenvalue weighted by atomic mass is 19.4. The quantitative estimate of drug-likeness (QED) is 0.632. The van der Waals surface area contributed by atoms with Crippen molar-refractivity contribution >= 4 is 10.9 Å². The molecule has 0 bridgehead atoms. The van der Waals surface area contributed by atoms with Gasteiger partial charge in [0.2, 0.25) is 0 Å². The van der Waals surface area contributed by atoms with Crippen LogP contribution in [0.2, 0.25) is 0 Å². The van der Waals surface area contributed by atoms with Crippen molar-refractivity contribution in [2.45, 2.75) is 26.0 Å². The van der Waals surface area contributed by atoms with Crippen LogP contribution in [0.3, 0.4) is 0 Å². The van der Waals surface area contributed by atoms with E-state index in [-0.39, 0.29) is 30.9 Å². The molecule has 0 amide bonds. The number of benzene rings is 2. The highest BCUT2D eigenvalue weighted by Crippen LogP contribution is 2.27. The lowest BCUT2D eigenvalue weighted by molar-refractivity contribution is -0.275. The maximum absolute atomic E-state index is 12.7. The van der Waals surface area contributed by atoms with Crippen molar-refractivity contribution in [3.05, 3.63) is 70.3 Å². The van der Waals surface area contributed by atoms with Crippen LogP contribution in [-0.4, -0.2) is 27.9 Å². The summed E-state index contributed by atoms with van der Waals surface area (Å²) in [5.41, 5.74) is 0.500. The molecule has 0 fully saturated rings. The molecule has 1 aromatic heterocycles. The number of para-hydroxylation sites is 2. The number of halogens is 3. The van der Waals surface area contributed by atoms with Crippen LogP contribution in [-0.2, 0) is 19.6 Å². The second-order valence-corrected chi connectivity index (χ2v) is 6.42. The largest absolute Gasteiger partial charge is 0.573 e. The summed E-state index contributed by atoms with van der Waals surface area (Å²) in [6, 6.07) is 14.6. The first kappa shape index (κ1) is 20.4. The van der Waals surface area contributed by atoms with Crippen molar-refractivity contribution in [3.63, 3.8) is 0 Å². The van der Waals surface area contributed by atoms with Gasteiger partial charge in [0.25, 0.3) is 5.56 Å². The lowest BCUT2D eigenvalue weighted by Gasteiger charge is -2.20.